The Kier molecular flexibility index (Phi) is 4.34. The van der Waals surface area contributed by atoms with E-state index in [1.54, 1.807) is 0 Å². The van der Waals surface area contributed by atoms with Crippen LogP contribution in [0.25, 0.3) is 11.4 Å². The third-order valence-corrected chi connectivity index (χ3v) is 4.37. The minimum absolute atomic E-state index is 0.547. The van der Waals surface area contributed by atoms with Crippen molar-refractivity contribution in [2.75, 3.05) is 6.54 Å². The number of nitrogens with two attached hydrogens (primary N) is 1. The quantitative estimate of drug-likeness (QED) is 0.939. The molecule has 0 unspecified atom stereocenters. The normalized spacial score (nSPS) is 16.3. The number of nitrogens with zero attached hydrogens (tertiary/aromatic N) is 3. The fourth-order valence-corrected chi connectivity index (χ4v) is 3.22. The Morgan fingerprint density at radius 1 is 1.24 bits per heavy atom. The average molecular weight is 284 g/mol. The van der Waals surface area contributed by atoms with Crippen molar-refractivity contribution in [3.8, 4) is 11.4 Å². The molecule has 2 N–H and O–H groups in total. The summed E-state index contributed by atoms with van der Waals surface area (Å²) in [6.07, 6.45) is 7.35. The fourth-order valence-electron chi connectivity index (χ4n) is 3.22. The topological polar surface area (TPSA) is 56.7 Å². The molecule has 1 aromatic carbocycles. The van der Waals surface area contributed by atoms with Crippen molar-refractivity contribution in [1.29, 1.82) is 0 Å². The Hall–Kier alpha value is -1.68. The van der Waals surface area contributed by atoms with Crippen LogP contribution < -0.4 is 5.73 Å². The molecule has 0 atom stereocenters. The molecule has 0 radical (unpaired) electrons. The molecule has 0 amide bonds. The highest BCUT2D eigenvalue weighted by atomic mass is 15.3. The minimum atomic E-state index is 0.547. The van der Waals surface area contributed by atoms with Crippen LogP contribution in [0.3, 0.4) is 0 Å². The molecule has 1 aliphatic rings. The second-order valence-electron chi connectivity index (χ2n) is 5.99. The molecule has 1 aromatic heterocycles. The highest BCUT2D eigenvalue weighted by molar-refractivity contribution is 5.56. The first kappa shape index (κ1) is 14.3. The van der Waals surface area contributed by atoms with Gasteiger partial charge in [0, 0.05) is 18.5 Å². The summed E-state index contributed by atoms with van der Waals surface area (Å²) < 4.78 is 1.92. The van der Waals surface area contributed by atoms with Crippen LogP contribution in [0.15, 0.2) is 24.3 Å². The summed E-state index contributed by atoms with van der Waals surface area (Å²) >= 11 is 0. The van der Waals surface area contributed by atoms with E-state index in [1.165, 1.54) is 37.7 Å². The summed E-state index contributed by atoms with van der Waals surface area (Å²) in [7, 11) is 1.99. The van der Waals surface area contributed by atoms with Crippen molar-refractivity contribution in [2.24, 2.45) is 12.8 Å². The summed E-state index contributed by atoms with van der Waals surface area (Å²) in [5.74, 6) is 2.54. The van der Waals surface area contributed by atoms with E-state index in [0.29, 0.717) is 12.5 Å². The van der Waals surface area contributed by atoms with Gasteiger partial charge >= 0.3 is 0 Å². The van der Waals surface area contributed by atoms with Gasteiger partial charge in [0.1, 0.15) is 0 Å². The van der Waals surface area contributed by atoms with Crippen molar-refractivity contribution in [3.63, 3.8) is 0 Å². The zero-order chi connectivity index (χ0) is 14.7. The van der Waals surface area contributed by atoms with Gasteiger partial charge in [0.2, 0.25) is 0 Å². The summed E-state index contributed by atoms with van der Waals surface area (Å²) in [6, 6.07) is 8.49. The highest BCUT2D eigenvalue weighted by Gasteiger charge is 2.21. The number of benzene rings is 1. The summed E-state index contributed by atoms with van der Waals surface area (Å²) in [5.41, 5.74) is 8.05. The smallest absolute Gasteiger partial charge is 0.158 e. The minimum Gasteiger partial charge on any atom is -0.330 e. The second-order valence-corrected chi connectivity index (χ2v) is 5.99. The van der Waals surface area contributed by atoms with Gasteiger partial charge in [-0.25, -0.2) is 9.67 Å². The third kappa shape index (κ3) is 3.16. The van der Waals surface area contributed by atoms with Gasteiger partial charge in [-0.2, -0.15) is 5.10 Å². The van der Waals surface area contributed by atoms with E-state index in [-0.39, 0.29) is 0 Å². The lowest BCUT2D eigenvalue weighted by Crippen LogP contribution is -2.06. The molecule has 1 fully saturated rings. The molecule has 0 aliphatic heterocycles. The van der Waals surface area contributed by atoms with E-state index >= 15 is 0 Å². The maximum atomic E-state index is 5.65. The molecule has 21 heavy (non-hydrogen) atoms. The molecule has 2 aromatic rings. The van der Waals surface area contributed by atoms with Crippen molar-refractivity contribution in [2.45, 2.75) is 44.4 Å². The molecule has 4 nitrogen and oxygen atoms in total. The molecular weight excluding hydrogens is 260 g/mol. The Labute approximate surface area is 126 Å². The number of aromatic nitrogens is 3. The first-order chi connectivity index (χ1) is 10.3. The lowest BCUT2D eigenvalue weighted by molar-refractivity contribution is 0.427. The zero-order valence-corrected chi connectivity index (χ0v) is 12.8. The van der Waals surface area contributed by atoms with E-state index in [2.05, 4.69) is 29.4 Å². The van der Waals surface area contributed by atoms with Crippen LogP contribution in [0.5, 0.6) is 0 Å². The average Bonchev–Trinajstić information content (AvgIpc) is 2.91. The monoisotopic (exact) mass is 284 g/mol. The van der Waals surface area contributed by atoms with Gasteiger partial charge in [-0.3, -0.25) is 0 Å². The van der Waals surface area contributed by atoms with Crippen LogP contribution in [-0.2, 0) is 13.5 Å². The number of hydrogen-bond acceptors (Lipinski definition) is 3. The van der Waals surface area contributed by atoms with E-state index in [4.69, 9.17) is 10.7 Å². The SMILES string of the molecule is Cn1nc(C2CCCCC2)nc1-c1cccc(CCN)c1. The summed E-state index contributed by atoms with van der Waals surface area (Å²) in [4.78, 5) is 4.83. The zero-order valence-electron chi connectivity index (χ0n) is 12.8. The number of rotatable bonds is 4. The summed E-state index contributed by atoms with van der Waals surface area (Å²) in [6.45, 7) is 0.676. The first-order valence-corrected chi connectivity index (χ1v) is 7.98. The van der Waals surface area contributed by atoms with Crippen LogP contribution in [0.2, 0.25) is 0 Å². The molecule has 3 rings (SSSR count). The van der Waals surface area contributed by atoms with Crippen molar-refractivity contribution in [3.05, 3.63) is 35.7 Å². The highest BCUT2D eigenvalue weighted by Crippen LogP contribution is 2.31. The van der Waals surface area contributed by atoms with Crippen molar-refractivity contribution < 1.29 is 0 Å². The van der Waals surface area contributed by atoms with Crippen LogP contribution in [0.1, 0.15) is 49.4 Å². The lowest BCUT2D eigenvalue weighted by Gasteiger charge is -2.18. The van der Waals surface area contributed by atoms with E-state index < -0.39 is 0 Å². The standard InChI is InChI=1S/C17H24N4/c1-21-17(15-9-5-6-13(12-15)10-11-18)19-16(20-21)14-7-3-2-4-8-14/h5-6,9,12,14H,2-4,7-8,10-11,18H2,1H3. The molecule has 1 aliphatic carbocycles. The maximum absolute atomic E-state index is 5.65. The molecule has 0 saturated heterocycles. The molecule has 4 heteroatoms. The van der Waals surface area contributed by atoms with Gasteiger partial charge in [-0.15, -0.1) is 0 Å². The van der Waals surface area contributed by atoms with Crippen molar-refractivity contribution >= 4 is 0 Å². The lowest BCUT2D eigenvalue weighted by atomic mass is 9.89. The Balaban J connectivity index is 1.88. The van der Waals surface area contributed by atoms with Crippen LogP contribution in [-0.4, -0.2) is 21.3 Å². The predicted molar refractivity (Wildman–Crippen MR) is 85.0 cm³/mol. The molecule has 112 valence electrons. The summed E-state index contributed by atoms with van der Waals surface area (Å²) in [5, 5.41) is 4.67. The van der Waals surface area contributed by atoms with Gasteiger partial charge in [0.05, 0.1) is 0 Å². The Morgan fingerprint density at radius 3 is 2.81 bits per heavy atom. The maximum Gasteiger partial charge on any atom is 0.158 e. The molecule has 0 bridgehead atoms. The van der Waals surface area contributed by atoms with Crippen molar-refractivity contribution in [1.82, 2.24) is 14.8 Å². The molecular formula is C17H24N4. The van der Waals surface area contributed by atoms with E-state index in [9.17, 15) is 0 Å². The largest absolute Gasteiger partial charge is 0.330 e. The third-order valence-electron chi connectivity index (χ3n) is 4.37. The van der Waals surface area contributed by atoms with E-state index in [0.717, 1.165) is 23.6 Å². The Morgan fingerprint density at radius 2 is 2.05 bits per heavy atom. The Bertz CT molecular complexity index is 597. The van der Waals surface area contributed by atoms with Crippen LogP contribution in [0, 0.1) is 0 Å². The molecule has 1 saturated carbocycles. The van der Waals surface area contributed by atoms with Crippen LogP contribution >= 0.6 is 0 Å². The fraction of sp³-hybridized carbons (Fsp3) is 0.529. The van der Waals surface area contributed by atoms with Gasteiger partial charge < -0.3 is 5.73 Å². The number of hydrogen-bond donors (Lipinski definition) is 1. The van der Waals surface area contributed by atoms with Crippen LogP contribution in [0.4, 0.5) is 0 Å². The van der Waals surface area contributed by atoms with Gasteiger partial charge in [0.25, 0.3) is 0 Å². The molecule has 0 spiro atoms. The van der Waals surface area contributed by atoms with Gasteiger partial charge in [-0.1, -0.05) is 37.5 Å². The first-order valence-electron chi connectivity index (χ1n) is 7.98. The van der Waals surface area contributed by atoms with E-state index in [1.807, 2.05) is 11.7 Å². The second kappa shape index (κ2) is 6.39. The molecule has 1 heterocycles. The van der Waals surface area contributed by atoms with Gasteiger partial charge in [-0.05, 0) is 37.4 Å². The van der Waals surface area contributed by atoms with Gasteiger partial charge in [0.15, 0.2) is 11.6 Å². The number of aryl methyl sites for hydroxylation is 1. The predicted octanol–water partition coefficient (Wildman–Crippen LogP) is 3.03.